The molecule has 3 nitrogen and oxygen atoms in total. The summed E-state index contributed by atoms with van der Waals surface area (Å²) in [5.74, 6) is 1.16. The van der Waals surface area contributed by atoms with E-state index < -0.39 is 0 Å². The molecule has 106 valence electrons. The van der Waals surface area contributed by atoms with Crippen LogP contribution in [-0.4, -0.2) is 4.98 Å². The van der Waals surface area contributed by atoms with Crippen LogP contribution in [-0.2, 0) is 0 Å². The maximum Gasteiger partial charge on any atom is 0.192 e. The fourth-order valence-corrected chi connectivity index (χ4v) is 2.38. The molecule has 0 spiro atoms. The summed E-state index contributed by atoms with van der Waals surface area (Å²) in [7, 11) is 0. The number of aromatic amines is 1. The molecular weight excluding hydrogens is 286 g/mol. The number of rotatable bonds is 2. The highest BCUT2D eigenvalue weighted by Gasteiger charge is 2.08. The number of ether oxygens (including phenoxy) is 1. The van der Waals surface area contributed by atoms with Gasteiger partial charge in [0.15, 0.2) is 5.43 Å². The van der Waals surface area contributed by atoms with Gasteiger partial charge < -0.3 is 9.72 Å². The SMILES string of the molecule is Cc1[nH]c2ccc(Oc3ccccc3Cl)cc2c(=O)c1C. The molecule has 0 unspecified atom stereocenters. The van der Waals surface area contributed by atoms with Gasteiger partial charge in [-0.2, -0.15) is 0 Å². The predicted octanol–water partition coefficient (Wildman–Crippen LogP) is 4.59. The first-order valence-electron chi connectivity index (χ1n) is 6.62. The van der Waals surface area contributed by atoms with Gasteiger partial charge in [0.1, 0.15) is 11.5 Å². The number of halogens is 1. The molecule has 3 rings (SSSR count). The Morgan fingerprint density at radius 2 is 1.86 bits per heavy atom. The van der Waals surface area contributed by atoms with E-state index >= 15 is 0 Å². The number of para-hydroxylation sites is 1. The van der Waals surface area contributed by atoms with Crippen LogP contribution in [0.4, 0.5) is 0 Å². The number of fused-ring (bicyclic) bond motifs is 1. The average molecular weight is 300 g/mol. The van der Waals surface area contributed by atoms with Gasteiger partial charge in [0.25, 0.3) is 0 Å². The zero-order valence-corrected chi connectivity index (χ0v) is 12.5. The number of benzene rings is 2. The average Bonchev–Trinajstić information content (AvgIpc) is 2.48. The predicted molar refractivity (Wildman–Crippen MR) is 85.6 cm³/mol. The molecule has 2 aromatic carbocycles. The number of H-pyrrole nitrogens is 1. The third-order valence-corrected chi connectivity index (χ3v) is 3.84. The second kappa shape index (κ2) is 5.26. The fraction of sp³-hybridized carbons (Fsp3) is 0.118. The van der Waals surface area contributed by atoms with Gasteiger partial charge >= 0.3 is 0 Å². The second-order valence-corrected chi connectivity index (χ2v) is 5.35. The molecule has 1 aromatic heterocycles. The van der Waals surface area contributed by atoms with E-state index in [0.29, 0.717) is 21.9 Å². The highest BCUT2D eigenvalue weighted by Crippen LogP contribution is 2.29. The Bertz CT molecular complexity index is 884. The van der Waals surface area contributed by atoms with Crippen molar-refractivity contribution in [3.8, 4) is 11.5 Å². The highest BCUT2D eigenvalue weighted by molar-refractivity contribution is 6.32. The van der Waals surface area contributed by atoms with Gasteiger partial charge in [0.2, 0.25) is 0 Å². The summed E-state index contributed by atoms with van der Waals surface area (Å²) in [6.45, 7) is 3.71. The van der Waals surface area contributed by atoms with Crippen molar-refractivity contribution in [3.05, 3.63) is 69.0 Å². The molecule has 0 fully saturated rings. The van der Waals surface area contributed by atoms with Gasteiger partial charge in [-0.05, 0) is 44.2 Å². The first-order valence-corrected chi connectivity index (χ1v) is 6.99. The van der Waals surface area contributed by atoms with Crippen LogP contribution in [0, 0.1) is 13.8 Å². The molecule has 0 amide bonds. The van der Waals surface area contributed by atoms with Gasteiger partial charge in [-0.1, -0.05) is 23.7 Å². The van der Waals surface area contributed by atoms with Crippen LogP contribution in [0.3, 0.4) is 0 Å². The molecule has 21 heavy (non-hydrogen) atoms. The number of aryl methyl sites for hydroxylation is 1. The minimum Gasteiger partial charge on any atom is -0.456 e. The molecule has 1 heterocycles. The topological polar surface area (TPSA) is 42.1 Å². The van der Waals surface area contributed by atoms with Crippen molar-refractivity contribution >= 4 is 22.5 Å². The lowest BCUT2D eigenvalue weighted by Gasteiger charge is -2.09. The van der Waals surface area contributed by atoms with Gasteiger partial charge in [-0.25, -0.2) is 0 Å². The molecular formula is C17H14ClNO2. The van der Waals surface area contributed by atoms with Gasteiger partial charge in [0, 0.05) is 22.2 Å². The van der Waals surface area contributed by atoms with Gasteiger partial charge in [0.05, 0.1) is 5.02 Å². The van der Waals surface area contributed by atoms with E-state index in [9.17, 15) is 4.79 Å². The lowest BCUT2D eigenvalue weighted by Crippen LogP contribution is -2.09. The van der Waals surface area contributed by atoms with E-state index in [1.165, 1.54) is 0 Å². The van der Waals surface area contributed by atoms with Crippen LogP contribution in [0.2, 0.25) is 5.02 Å². The van der Waals surface area contributed by atoms with E-state index in [-0.39, 0.29) is 5.43 Å². The number of hydrogen-bond acceptors (Lipinski definition) is 2. The van der Waals surface area contributed by atoms with Crippen molar-refractivity contribution in [2.24, 2.45) is 0 Å². The van der Waals surface area contributed by atoms with Crippen LogP contribution in [0.1, 0.15) is 11.3 Å². The zero-order chi connectivity index (χ0) is 15.0. The number of aromatic nitrogens is 1. The molecule has 0 saturated carbocycles. The van der Waals surface area contributed by atoms with Crippen LogP contribution in [0.25, 0.3) is 10.9 Å². The minimum absolute atomic E-state index is 0.0193. The Hall–Kier alpha value is -2.26. The third kappa shape index (κ3) is 2.52. The van der Waals surface area contributed by atoms with Crippen LogP contribution in [0.15, 0.2) is 47.3 Å². The Balaban J connectivity index is 2.10. The standard InChI is InChI=1S/C17H14ClNO2/c1-10-11(2)19-15-8-7-12(9-13(15)17(10)20)21-16-6-4-3-5-14(16)18/h3-9H,1-2H3,(H,19,20). The van der Waals surface area contributed by atoms with Crippen molar-refractivity contribution in [2.75, 3.05) is 0 Å². The maximum atomic E-state index is 12.3. The molecule has 4 heteroatoms. The van der Waals surface area contributed by atoms with Crippen LogP contribution < -0.4 is 10.2 Å². The second-order valence-electron chi connectivity index (χ2n) is 4.94. The summed E-state index contributed by atoms with van der Waals surface area (Å²) >= 11 is 6.08. The quantitative estimate of drug-likeness (QED) is 0.752. The van der Waals surface area contributed by atoms with E-state index in [2.05, 4.69) is 4.98 Å². The lowest BCUT2D eigenvalue weighted by molar-refractivity contribution is 0.483. The van der Waals surface area contributed by atoms with Crippen molar-refractivity contribution in [2.45, 2.75) is 13.8 Å². The van der Waals surface area contributed by atoms with Gasteiger partial charge in [-0.3, -0.25) is 4.79 Å². The Labute approximate surface area is 127 Å². The molecule has 0 aliphatic rings. The van der Waals surface area contributed by atoms with E-state index in [4.69, 9.17) is 16.3 Å². The normalized spacial score (nSPS) is 10.8. The number of hydrogen-bond donors (Lipinski definition) is 1. The van der Waals surface area contributed by atoms with Crippen molar-refractivity contribution in [3.63, 3.8) is 0 Å². The molecule has 0 saturated heterocycles. The Kier molecular flexibility index (Phi) is 3.43. The highest BCUT2D eigenvalue weighted by atomic mass is 35.5. The van der Waals surface area contributed by atoms with Crippen LogP contribution in [0.5, 0.6) is 11.5 Å². The summed E-state index contributed by atoms with van der Waals surface area (Å²) in [6.07, 6.45) is 0. The largest absolute Gasteiger partial charge is 0.456 e. The minimum atomic E-state index is 0.0193. The molecule has 3 aromatic rings. The van der Waals surface area contributed by atoms with Crippen molar-refractivity contribution in [1.29, 1.82) is 0 Å². The smallest absolute Gasteiger partial charge is 0.192 e. The molecule has 0 bridgehead atoms. The summed E-state index contributed by atoms with van der Waals surface area (Å²) < 4.78 is 5.76. The monoisotopic (exact) mass is 299 g/mol. The summed E-state index contributed by atoms with van der Waals surface area (Å²) in [4.78, 5) is 15.5. The molecule has 0 atom stereocenters. The summed E-state index contributed by atoms with van der Waals surface area (Å²) in [6, 6.07) is 12.6. The number of nitrogens with one attached hydrogen (secondary N) is 1. The third-order valence-electron chi connectivity index (χ3n) is 3.53. The maximum absolute atomic E-state index is 12.3. The fourth-order valence-electron chi connectivity index (χ4n) is 2.21. The first kappa shape index (κ1) is 13.7. The van der Waals surface area contributed by atoms with E-state index in [0.717, 1.165) is 16.8 Å². The van der Waals surface area contributed by atoms with Crippen molar-refractivity contribution in [1.82, 2.24) is 4.98 Å². The summed E-state index contributed by atoms with van der Waals surface area (Å²) in [5, 5.41) is 1.15. The molecule has 0 radical (unpaired) electrons. The van der Waals surface area contributed by atoms with E-state index in [1.54, 1.807) is 18.2 Å². The molecule has 1 N–H and O–H groups in total. The Morgan fingerprint density at radius 1 is 1.10 bits per heavy atom. The first-order chi connectivity index (χ1) is 10.1. The van der Waals surface area contributed by atoms with E-state index in [1.807, 2.05) is 38.1 Å². The Morgan fingerprint density at radius 3 is 2.62 bits per heavy atom. The molecule has 0 aliphatic carbocycles. The van der Waals surface area contributed by atoms with Crippen LogP contribution >= 0.6 is 11.6 Å². The zero-order valence-electron chi connectivity index (χ0n) is 11.7. The lowest BCUT2D eigenvalue weighted by atomic mass is 10.1. The number of pyridine rings is 1. The summed E-state index contributed by atoms with van der Waals surface area (Å²) in [5.41, 5.74) is 2.42. The van der Waals surface area contributed by atoms with Gasteiger partial charge in [-0.15, -0.1) is 0 Å². The molecule has 0 aliphatic heterocycles. The van der Waals surface area contributed by atoms with Crippen molar-refractivity contribution < 1.29 is 4.74 Å².